The highest BCUT2D eigenvalue weighted by Crippen LogP contribution is 2.23. The fourth-order valence-electron chi connectivity index (χ4n) is 2.79. The molecular weight excluding hydrogens is 314 g/mol. The Balaban J connectivity index is 2.24. The van der Waals surface area contributed by atoms with Gasteiger partial charge in [-0.25, -0.2) is 4.79 Å². The lowest BCUT2D eigenvalue weighted by Crippen LogP contribution is -2.47. The summed E-state index contributed by atoms with van der Waals surface area (Å²) < 4.78 is 5.18. The lowest BCUT2D eigenvalue weighted by Gasteiger charge is -2.36. The number of carbonyl (C=O) groups is 1. The maximum absolute atomic E-state index is 12.3. The topological polar surface area (TPSA) is 53.9 Å². The van der Waals surface area contributed by atoms with Gasteiger partial charge in [0.05, 0.1) is 17.3 Å². The number of para-hydroxylation sites is 1. The number of ether oxygens (including phenoxy) is 1. The van der Waals surface area contributed by atoms with E-state index in [0.29, 0.717) is 29.2 Å². The summed E-state index contributed by atoms with van der Waals surface area (Å²) >= 11 is 6.13. The summed E-state index contributed by atoms with van der Waals surface area (Å²) in [5.41, 5.74) is 3.58. The molecule has 1 aliphatic rings. The molecule has 0 unspecified atom stereocenters. The Bertz CT molecular complexity index is 563. The molecule has 0 spiro atoms. The molecule has 1 aliphatic heterocycles. The molecule has 23 heavy (non-hydrogen) atoms. The Kier molecular flexibility index (Phi) is 6.71. The number of likely N-dealkylation sites (tertiary alicyclic amines) is 1. The van der Waals surface area contributed by atoms with E-state index in [1.165, 1.54) is 6.42 Å². The molecule has 6 heteroatoms. The average molecular weight is 338 g/mol. The van der Waals surface area contributed by atoms with E-state index >= 15 is 0 Å². The zero-order chi connectivity index (χ0) is 16.7. The molecule has 1 N–H and O–H groups in total. The lowest BCUT2D eigenvalue weighted by atomic mass is 10.00. The van der Waals surface area contributed by atoms with Crippen molar-refractivity contribution in [2.75, 3.05) is 18.6 Å². The Hall–Kier alpha value is -1.75. The van der Waals surface area contributed by atoms with Crippen LogP contribution in [-0.4, -0.2) is 35.9 Å². The number of carbonyl (C=O) groups excluding carboxylic acids is 1. The maximum Gasteiger partial charge on any atom is 0.376 e. The minimum atomic E-state index is -0.396. The van der Waals surface area contributed by atoms with Gasteiger partial charge < -0.3 is 9.64 Å². The van der Waals surface area contributed by atoms with Crippen molar-refractivity contribution in [3.05, 3.63) is 29.3 Å². The lowest BCUT2D eigenvalue weighted by molar-refractivity contribution is -0.136. The normalized spacial score (nSPS) is 18.7. The number of halogens is 1. The van der Waals surface area contributed by atoms with Gasteiger partial charge in [0.15, 0.2) is 0 Å². The third-order valence-electron chi connectivity index (χ3n) is 3.98. The Morgan fingerprint density at radius 1 is 1.39 bits per heavy atom. The molecule has 1 fully saturated rings. The van der Waals surface area contributed by atoms with Gasteiger partial charge in [0.1, 0.15) is 0 Å². The van der Waals surface area contributed by atoms with Crippen LogP contribution in [0.25, 0.3) is 0 Å². The first-order valence-electron chi connectivity index (χ1n) is 8.19. The molecule has 1 saturated heterocycles. The van der Waals surface area contributed by atoms with Crippen LogP contribution in [0, 0.1) is 0 Å². The number of piperidine rings is 1. The first-order chi connectivity index (χ1) is 11.2. The van der Waals surface area contributed by atoms with Gasteiger partial charge in [-0.3, -0.25) is 5.43 Å². The van der Waals surface area contributed by atoms with Gasteiger partial charge in [0.25, 0.3) is 0 Å². The van der Waals surface area contributed by atoms with Crippen molar-refractivity contribution in [3.8, 4) is 0 Å². The Morgan fingerprint density at radius 3 is 2.87 bits per heavy atom. The first kappa shape index (κ1) is 17.6. The van der Waals surface area contributed by atoms with Crippen LogP contribution in [0.5, 0.6) is 0 Å². The van der Waals surface area contributed by atoms with Gasteiger partial charge in [-0.1, -0.05) is 30.7 Å². The molecule has 0 aromatic heterocycles. The number of nitrogens with zero attached hydrogens (tertiary/aromatic N) is 2. The molecule has 0 aliphatic carbocycles. The minimum absolute atomic E-state index is 0.319. The molecule has 0 amide bonds. The smallest absolute Gasteiger partial charge is 0.376 e. The molecule has 2 rings (SSSR count). The van der Waals surface area contributed by atoms with Crippen molar-refractivity contribution in [1.29, 1.82) is 0 Å². The van der Waals surface area contributed by atoms with Crippen LogP contribution < -0.4 is 5.43 Å². The highest BCUT2D eigenvalue weighted by atomic mass is 35.5. The van der Waals surface area contributed by atoms with Crippen molar-refractivity contribution in [1.82, 2.24) is 4.90 Å². The van der Waals surface area contributed by atoms with Gasteiger partial charge in [0, 0.05) is 12.6 Å². The van der Waals surface area contributed by atoms with E-state index in [1.807, 2.05) is 18.2 Å². The summed E-state index contributed by atoms with van der Waals surface area (Å²) in [7, 11) is 0. The average Bonchev–Trinajstić information content (AvgIpc) is 2.57. The fraction of sp³-hybridized carbons (Fsp3) is 0.529. The molecule has 1 aromatic rings. The van der Waals surface area contributed by atoms with Crippen LogP contribution in [0.4, 0.5) is 5.69 Å². The molecule has 1 atom stereocenters. The second-order valence-corrected chi connectivity index (χ2v) is 5.91. The highest BCUT2D eigenvalue weighted by molar-refractivity contribution is 6.36. The third kappa shape index (κ3) is 4.61. The fourth-order valence-corrected chi connectivity index (χ4v) is 2.97. The largest absolute Gasteiger partial charge is 0.460 e. The van der Waals surface area contributed by atoms with Crippen LogP contribution in [-0.2, 0) is 9.53 Å². The first-order valence-corrected chi connectivity index (χ1v) is 8.57. The maximum atomic E-state index is 12.3. The molecule has 1 heterocycles. The predicted octanol–water partition coefficient (Wildman–Crippen LogP) is 3.89. The third-order valence-corrected chi connectivity index (χ3v) is 4.31. The monoisotopic (exact) mass is 337 g/mol. The van der Waals surface area contributed by atoms with E-state index in [0.717, 1.165) is 25.8 Å². The van der Waals surface area contributed by atoms with Gasteiger partial charge in [-0.2, -0.15) is 0 Å². The summed E-state index contributed by atoms with van der Waals surface area (Å²) in [5.74, 6) is -0.0641. The number of nitrogens with one attached hydrogen (secondary N) is 1. The van der Waals surface area contributed by atoms with E-state index in [1.54, 1.807) is 13.0 Å². The molecule has 126 valence electrons. The zero-order valence-corrected chi connectivity index (χ0v) is 14.5. The van der Waals surface area contributed by atoms with Gasteiger partial charge in [0.2, 0.25) is 5.84 Å². The summed E-state index contributed by atoms with van der Waals surface area (Å²) in [6, 6.07) is 7.63. The zero-order valence-electron chi connectivity index (χ0n) is 13.7. The van der Waals surface area contributed by atoms with Gasteiger partial charge >= 0.3 is 5.97 Å². The van der Waals surface area contributed by atoms with E-state index in [2.05, 4.69) is 22.4 Å². The number of esters is 1. The van der Waals surface area contributed by atoms with Crippen LogP contribution >= 0.6 is 11.6 Å². The predicted molar refractivity (Wildman–Crippen MR) is 93.8 cm³/mol. The van der Waals surface area contributed by atoms with Crippen molar-refractivity contribution >= 4 is 29.1 Å². The minimum Gasteiger partial charge on any atom is -0.460 e. The SMILES string of the molecule is CCOC(=O)/C(=N/Nc1ccccc1Cl)N1CCCC[C@H]1CC. The number of hydrogen-bond donors (Lipinski definition) is 1. The number of amidine groups is 1. The highest BCUT2D eigenvalue weighted by Gasteiger charge is 2.29. The molecule has 0 radical (unpaired) electrons. The number of hydrogen-bond acceptors (Lipinski definition) is 4. The second kappa shape index (κ2) is 8.77. The van der Waals surface area contributed by atoms with Crippen LogP contribution in [0.1, 0.15) is 39.5 Å². The summed E-state index contributed by atoms with van der Waals surface area (Å²) in [6.45, 7) is 5.08. The van der Waals surface area contributed by atoms with Gasteiger partial charge in [-0.15, -0.1) is 5.10 Å². The number of hydrazone groups is 1. The molecule has 0 bridgehead atoms. The summed E-state index contributed by atoms with van der Waals surface area (Å²) in [4.78, 5) is 14.4. The quantitative estimate of drug-likeness (QED) is 0.392. The number of anilines is 1. The van der Waals surface area contributed by atoms with Crippen molar-refractivity contribution in [2.24, 2.45) is 5.10 Å². The Labute approximate surface area is 142 Å². The summed E-state index contributed by atoms with van der Waals surface area (Å²) in [5, 5.41) is 4.89. The molecular formula is C17H24ClN3O2. The van der Waals surface area contributed by atoms with E-state index in [9.17, 15) is 4.79 Å². The van der Waals surface area contributed by atoms with E-state index < -0.39 is 5.97 Å². The van der Waals surface area contributed by atoms with Crippen molar-refractivity contribution in [3.63, 3.8) is 0 Å². The summed E-state index contributed by atoms with van der Waals surface area (Å²) in [6.07, 6.45) is 4.29. The standard InChI is InChI=1S/C17H24ClN3O2/c1-3-13-9-7-8-12-21(13)16(17(22)23-4-2)20-19-15-11-6-5-10-14(15)18/h5-6,10-11,13,19H,3-4,7-9,12H2,1-2H3/b20-16-/t13-/m1/s1. The van der Waals surface area contributed by atoms with Crippen LogP contribution in [0.2, 0.25) is 5.02 Å². The number of benzene rings is 1. The Morgan fingerprint density at radius 2 is 2.17 bits per heavy atom. The van der Waals surface area contributed by atoms with Crippen molar-refractivity contribution < 1.29 is 9.53 Å². The molecule has 0 saturated carbocycles. The van der Waals surface area contributed by atoms with Crippen molar-refractivity contribution in [2.45, 2.75) is 45.6 Å². The van der Waals surface area contributed by atoms with E-state index in [4.69, 9.17) is 16.3 Å². The van der Waals surface area contributed by atoms with Gasteiger partial charge in [-0.05, 0) is 44.7 Å². The van der Waals surface area contributed by atoms with E-state index in [-0.39, 0.29) is 0 Å². The van der Waals surface area contributed by atoms with Crippen LogP contribution in [0.3, 0.4) is 0 Å². The molecule has 1 aromatic carbocycles. The second-order valence-electron chi connectivity index (χ2n) is 5.50. The van der Waals surface area contributed by atoms with Crippen LogP contribution in [0.15, 0.2) is 29.4 Å². The molecule has 5 nitrogen and oxygen atoms in total. The number of rotatable bonds is 4.